The number of benzene rings is 1. The van der Waals surface area contributed by atoms with Crippen LogP contribution in [0.1, 0.15) is 21.5 Å². The molecule has 8 nitrogen and oxygen atoms in total. The number of hydrogen-bond donors (Lipinski definition) is 1. The third-order valence-electron chi connectivity index (χ3n) is 4.15. The SMILES string of the molecule is N#Cc1ccc(NC(=O)c2coc3ncn(Cc4cccnc4)c(=O)c23)cc1. The molecule has 1 aromatic carbocycles. The number of nitriles is 1. The minimum absolute atomic E-state index is 0.0948. The Morgan fingerprint density at radius 2 is 2.07 bits per heavy atom. The lowest BCUT2D eigenvalue weighted by Crippen LogP contribution is -2.23. The van der Waals surface area contributed by atoms with Gasteiger partial charge in [-0.25, -0.2) is 4.98 Å². The highest BCUT2D eigenvalue weighted by molar-refractivity contribution is 6.11. The van der Waals surface area contributed by atoms with Crippen molar-refractivity contribution in [3.8, 4) is 6.07 Å². The molecule has 0 aliphatic heterocycles. The van der Waals surface area contributed by atoms with Crippen LogP contribution in [0.25, 0.3) is 11.1 Å². The molecule has 0 atom stereocenters. The first-order valence-corrected chi connectivity index (χ1v) is 8.33. The van der Waals surface area contributed by atoms with Crippen LogP contribution in [-0.2, 0) is 6.54 Å². The molecule has 0 aliphatic carbocycles. The maximum absolute atomic E-state index is 12.9. The van der Waals surface area contributed by atoms with Gasteiger partial charge in [0.25, 0.3) is 11.5 Å². The Kier molecular flexibility index (Phi) is 4.40. The van der Waals surface area contributed by atoms with Crippen molar-refractivity contribution in [3.05, 3.63) is 88.4 Å². The monoisotopic (exact) mass is 371 g/mol. The van der Waals surface area contributed by atoms with Crippen LogP contribution in [-0.4, -0.2) is 20.4 Å². The number of rotatable bonds is 4. The summed E-state index contributed by atoms with van der Waals surface area (Å²) in [6.45, 7) is 0.275. The summed E-state index contributed by atoms with van der Waals surface area (Å²) in [5, 5.41) is 11.6. The number of hydrogen-bond acceptors (Lipinski definition) is 6. The van der Waals surface area contributed by atoms with Gasteiger partial charge in [-0.2, -0.15) is 5.26 Å². The van der Waals surface area contributed by atoms with Gasteiger partial charge in [0.05, 0.1) is 23.7 Å². The summed E-state index contributed by atoms with van der Waals surface area (Å²) in [6, 6.07) is 12.0. The zero-order valence-electron chi connectivity index (χ0n) is 14.5. The van der Waals surface area contributed by atoms with Crippen LogP contribution in [0.3, 0.4) is 0 Å². The first-order valence-electron chi connectivity index (χ1n) is 8.33. The molecule has 0 unspecified atom stereocenters. The van der Waals surface area contributed by atoms with Gasteiger partial charge in [-0.1, -0.05) is 6.07 Å². The molecule has 3 aromatic heterocycles. The van der Waals surface area contributed by atoms with Gasteiger partial charge in [-0.3, -0.25) is 19.1 Å². The summed E-state index contributed by atoms with van der Waals surface area (Å²) in [4.78, 5) is 33.7. The van der Waals surface area contributed by atoms with Crippen LogP contribution >= 0.6 is 0 Å². The summed E-state index contributed by atoms with van der Waals surface area (Å²) in [5.41, 5.74) is 1.62. The molecular weight excluding hydrogens is 358 g/mol. The molecule has 28 heavy (non-hydrogen) atoms. The predicted molar refractivity (Wildman–Crippen MR) is 101 cm³/mol. The third kappa shape index (κ3) is 3.24. The third-order valence-corrected chi connectivity index (χ3v) is 4.15. The Morgan fingerprint density at radius 1 is 1.25 bits per heavy atom. The van der Waals surface area contributed by atoms with E-state index in [1.54, 1.807) is 42.7 Å². The predicted octanol–water partition coefficient (Wildman–Crippen LogP) is 2.56. The van der Waals surface area contributed by atoms with E-state index in [9.17, 15) is 9.59 Å². The lowest BCUT2D eigenvalue weighted by molar-refractivity contribution is 0.102. The van der Waals surface area contributed by atoms with Gasteiger partial charge in [-0.05, 0) is 35.9 Å². The van der Waals surface area contributed by atoms with Crippen LogP contribution in [0.5, 0.6) is 0 Å². The molecule has 4 aromatic rings. The van der Waals surface area contributed by atoms with E-state index in [-0.39, 0.29) is 28.8 Å². The molecule has 1 amide bonds. The van der Waals surface area contributed by atoms with Crippen molar-refractivity contribution in [1.82, 2.24) is 14.5 Å². The fourth-order valence-corrected chi connectivity index (χ4v) is 2.76. The van der Waals surface area contributed by atoms with Crippen molar-refractivity contribution in [2.45, 2.75) is 6.54 Å². The number of carbonyl (C=O) groups excluding carboxylic acids is 1. The van der Waals surface area contributed by atoms with Gasteiger partial charge in [0, 0.05) is 18.1 Å². The zero-order valence-corrected chi connectivity index (χ0v) is 14.5. The Labute approximate surface area is 158 Å². The number of furan rings is 1. The zero-order chi connectivity index (χ0) is 19.5. The first-order chi connectivity index (χ1) is 13.7. The van der Waals surface area contributed by atoms with Gasteiger partial charge in [0.15, 0.2) is 0 Å². The topological polar surface area (TPSA) is 114 Å². The van der Waals surface area contributed by atoms with E-state index >= 15 is 0 Å². The Morgan fingerprint density at radius 3 is 2.79 bits per heavy atom. The Bertz CT molecular complexity index is 1250. The van der Waals surface area contributed by atoms with Crippen molar-refractivity contribution in [3.63, 3.8) is 0 Å². The highest BCUT2D eigenvalue weighted by Gasteiger charge is 2.19. The summed E-state index contributed by atoms with van der Waals surface area (Å²) in [7, 11) is 0. The van der Waals surface area contributed by atoms with Gasteiger partial charge in [-0.15, -0.1) is 0 Å². The minimum atomic E-state index is -0.499. The molecule has 0 fully saturated rings. The number of pyridine rings is 1. The van der Waals surface area contributed by atoms with Crippen molar-refractivity contribution in [2.24, 2.45) is 0 Å². The van der Waals surface area contributed by atoms with E-state index in [0.29, 0.717) is 11.3 Å². The van der Waals surface area contributed by atoms with Crippen molar-refractivity contribution >= 4 is 22.7 Å². The Hall–Kier alpha value is -4.25. The smallest absolute Gasteiger partial charge is 0.265 e. The van der Waals surface area contributed by atoms with E-state index in [1.165, 1.54) is 17.2 Å². The molecule has 0 bridgehead atoms. The van der Waals surface area contributed by atoms with Crippen LogP contribution in [0.4, 0.5) is 5.69 Å². The van der Waals surface area contributed by atoms with E-state index in [2.05, 4.69) is 15.3 Å². The van der Waals surface area contributed by atoms with Crippen molar-refractivity contribution < 1.29 is 9.21 Å². The maximum Gasteiger partial charge on any atom is 0.265 e. The first kappa shape index (κ1) is 17.2. The highest BCUT2D eigenvalue weighted by atomic mass is 16.3. The molecule has 1 N–H and O–H groups in total. The number of amides is 1. The molecule has 4 rings (SSSR count). The van der Waals surface area contributed by atoms with Gasteiger partial charge in [0.1, 0.15) is 18.0 Å². The normalized spacial score (nSPS) is 10.5. The second kappa shape index (κ2) is 7.17. The summed E-state index contributed by atoms with van der Waals surface area (Å²) < 4.78 is 6.69. The molecule has 0 radical (unpaired) electrons. The summed E-state index contributed by atoms with van der Waals surface area (Å²) in [5.74, 6) is -0.499. The van der Waals surface area contributed by atoms with E-state index in [4.69, 9.17) is 9.68 Å². The van der Waals surface area contributed by atoms with E-state index in [1.807, 2.05) is 12.1 Å². The second-order valence-corrected chi connectivity index (χ2v) is 6.01. The van der Waals surface area contributed by atoms with Crippen LogP contribution in [0.2, 0.25) is 0 Å². The van der Waals surface area contributed by atoms with Crippen LogP contribution < -0.4 is 10.9 Å². The number of nitrogens with zero attached hydrogens (tertiary/aromatic N) is 4. The lowest BCUT2D eigenvalue weighted by atomic mass is 10.2. The highest BCUT2D eigenvalue weighted by Crippen LogP contribution is 2.18. The molecule has 3 heterocycles. The molecular formula is C20H13N5O3. The summed E-state index contributed by atoms with van der Waals surface area (Å²) in [6.07, 6.45) is 5.90. The molecule has 0 aliphatic rings. The second-order valence-electron chi connectivity index (χ2n) is 6.01. The average Bonchev–Trinajstić information content (AvgIpc) is 3.16. The molecule has 136 valence electrons. The molecule has 0 saturated heterocycles. The van der Waals surface area contributed by atoms with E-state index in [0.717, 1.165) is 5.56 Å². The number of anilines is 1. The van der Waals surface area contributed by atoms with Gasteiger partial charge < -0.3 is 9.73 Å². The van der Waals surface area contributed by atoms with Crippen molar-refractivity contribution in [2.75, 3.05) is 5.32 Å². The number of fused-ring (bicyclic) bond motifs is 1. The molecule has 8 heteroatoms. The standard InChI is InChI=1S/C20H13N5O3/c21-8-13-3-5-15(6-4-13)24-18(26)16-11-28-19-17(16)20(27)25(12-23-19)10-14-2-1-7-22-9-14/h1-7,9,11-12H,10H2,(H,24,26). The Balaban J connectivity index is 1.67. The lowest BCUT2D eigenvalue weighted by Gasteiger charge is -2.06. The number of nitrogens with one attached hydrogen (secondary N) is 1. The van der Waals surface area contributed by atoms with Crippen LogP contribution in [0, 0.1) is 11.3 Å². The minimum Gasteiger partial charge on any atom is -0.445 e. The number of carbonyl (C=O) groups is 1. The van der Waals surface area contributed by atoms with Crippen LogP contribution in [0.15, 0.2) is 70.6 Å². The van der Waals surface area contributed by atoms with Crippen molar-refractivity contribution in [1.29, 1.82) is 5.26 Å². The van der Waals surface area contributed by atoms with Gasteiger partial charge in [0.2, 0.25) is 5.71 Å². The van der Waals surface area contributed by atoms with E-state index < -0.39 is 5.91 Å². The fraction of sp³-hybridized carbons (Fsp3) is 0.0500. The van der Waals surface area contributed by atoms with Gasteiger partial charge >= 0.3 is 0 Å². The maximum atomic E-state index is 12.9. The average molecular weight is 371 g/mol. The fourth-order valence-electron chi connectivity index (χ4n) is 2.76. The number of aromatic nitrogens is 3. The molecule has 0 saturated carbocycles. The largest absolute Gasteiger partial charge is 0.445 e. The quantitative estimate of drug-likeness (QED) is 0.590. The molecule has 0 spiro atoms. The summed E-state index contributed by atoms with van der Waals surface area (Å²) >= 11 is 0.